The monoisotopic (exact) mass is 295 g/mol. The fourth-order valence-corrected chi connectivity index (χ4v) is 2.49. The van der Waals surface area contributed by atoms with Crippen LogP contribution in [0.1, 0.15) is 10.5 Å². The highest BCUT2D eigenvalue weighted by Crippen LogP contribution is 2.14. The second-order valence-corrected chi connectivity index (χ2v) is 6.93. The molecule has 0 saturated heterocycles. The number of nitrogens with zero attached hydrogens (tertiary/aromatic N) is 1. The van der Waals surface area contributed by atoms with E-state index in [0.29, 0.717) is 5.69 Å². The molecule has 0 radical (unpaired) electrons. The van der Waals surface area contributed by atoms with Crippen LogP contribution in [0.4, 0.5) is 0 Å². The summed E-state index contributed by atoms with van der Waals surface area (Å²) in [5.41, 5.74) is 1.30. The minimum atomic E-state index is -3.29. The average molecular weight is 295 g/mol. The van der Waals surface area contributed by atoms with Gasteiger partial charge < -0.3 is 10.3 Å². The maximum atomic E-state index is 11.9. The molecule has 2 aromatic rings. The number of aromatic amines is 1. The highest BCUT2D eigenvalue weighted by atomic mass is 32.2. The summed E-state index contributed by atoms with van der Waals surface area (Å²) in [5.74, 6) is -0.429. The maximum Gasteiger partial charge on any atom is 0.267 e. The fraction of sp³-hybridized carbons (Fsp3) is 0.308. The summed E-state index contributed by atoms with van der Waals surface area (Å²) in [6, 6.07) is 9.29. The van der Waals surface area contributed by atoms with Crippen molar-refractivity contribution in [2.45, 2.75) is 0 Å². The molecule has 0 atom stereocenters. The number of nitrogens with one attached hydrogen (secondary N) is 2. The van der Waals surface area contributed by atoms with Crippen LogP contribution in [0.25, 0.3) is 10.9 Å². The van der Waals surface area contributed by atoms with Crippen LogP contribution in [-0.4, -0.2) is 50.0 Å². The van der Waals surface area contributed by atoms with Crippen molar-refractivity contribution in [2.24, 2.45) is 0 Å². The zero-order chi connectivity index (χ0) is 14.8. The first-order valence-electron chi connectivity index (χ1n) is 6.16. The second-order valence-electron chi connectivity index (χ2n) is 4.62. The third-order valence-corrected chi connectivity index (χ3v) is 4.81. The van der Waals surface area contributed by atoms with Crippen molar-refractivity contribution in [1.29, 1.82) is 0 Å². The molecule has 0 aliphatic carbocycles. The van der Waals surface area contributed by atoms with Gasteiger partial charge in [0.2, 0.25) is 10.0 Å². The zero-order valence-electron chi connectivity index (χ0n) is 11.4. The van der Waals surface area contributed by atoms with Gasteiger partial charge in [-0.25, -0.2) is 12.7 Å². The third kappa shape index (κ3) is 3.17. The van der Waals surface area contributed by atoms with Gasteiger partial charge in [0.25, 0.3) is 5.91 Å². The minimum Gasteiger partial charge on any atom is -0.351 e. The van der Waals surface area contributed by atoms with Crippen molar-refractivity contribution < 1.29 is 13.2 Å². The molecule has 0 aliphatic rings. The molecule has 1 heterocycles. The van der Waals surface area contributed by atoms with E-state index in [0.717, 1.165) is 15.2 Å². The molecule has 108 valence electrons. The number of amides is 1. The van der Waals surface area contributed by atoms with E-state index < -0.39 is 10.0 Å². The molecule has 2 N–H and O–H groups in total. The average Bonchev–Trinajstić information content (AvgIpc) is 2.82. The number of aromatic nitrogens is 1. The van der Waals surface area contributed by atoms with Crippen LogP contribution in [0.15, 0.2) is 30.3 Å². The Hall–Kier alpha value is -1.86. The molecular weight excluding hydrogens is 278 g/mol. The Kier molecular flexibility index (Phi) is 4.10. The smallest absolute Gasteiger partial charge is 0.267 e. The Bertz CT molecular complexity index is 686. The third-order valence-electron chi connectivity index (χ3n) is 2.98. The molecule has 0 saturated carbocycles. The van der Waals surface area contributed by atoms with Gasteiger partial charge in [-0.15, -0.1) is 0 Å². The first kappa shape index (κ1) is 14.5. The van der Waals surface area contributed by atoms with Gasteiger partial charge in [0.05, 0.1) is 5.75 Å². The van der Waals surface area contributed by atoms with Crippen molar-refractivity contribution >= 4 is 26.8 Å². The zero-order valence-corrected chi connectivity index (χ0v) is 12.2. The number of para-hydroxylation sites is 1. The SMILES string of the molecule is CN(C)S(=O)(=O)CCNC(=O)c1cc2ccccc2[nH]1. The Morgan fingerprint density at radius 2 is 2.00 bits per heavy atom. The highest BCUT2D eigenvalue weighted by Gasteiger charge is 2.14. The van der Waals surface area contributed by atoms with Crippen LogP contribution in [0, 0.1) is 0 Å². The van der Waals surface area contributed by atoms with E-state index in [1.165, 1.54) is 14.1 Å². The number of carbonyl (C=O) groups is 1. The molecule has 0 aliphatic heterocycles. The Balaban J connectivity index is 1.99. The second kappa shape index (κ2) is 5.64. The first-order valence-corrected chi connectivity index (χ1v) is 7.77. The van der Waals surface area contributed by atoms with Crippen molar-refractivity contribution in [2.75, 3.05) is 26.4 Å². The van der Waals surface area contributed by atoms with Gasteiger partial charge in [-0.1, -0.05) is 18.2 Å². The molecule has 1 aromatic carbocycles. The van der Waals surface area contributed by atoms with Crippen LogP contribution in [0.5, 0.6) is 0 Å². The lowest BCUT2D eigenvalue weighted by atomic mass is 10.2. The van der Waals surface area contributed by atoms with Gasteiger partial charge in [-0.05, 0) is 12.1 Å². The number of fused-ring (bicyclic) bond motifs is 1. The molecule has 0 fully saturated rings. The van der Waals surface area contributed by atoms with Crippen LogP contribution >= 0.6 is 0 Å². The number of hydrogen-bond acceptors (Lipinski definition) is 3. The quantitative estimate of drug-likeness (QED) is 0.855. The molecule has 0 spiro atoms. The Morgan fingerprint density at radius 1 is 1.30 bits per heavy atom. The molecule has 7 heteroatoms. The van der Waals surface area contributed by atoms with Crippen molar-refractivity contribution in [3.05, 3.63) is 36.0 Å². The van der Waals surface area contributed by atoms with E-state index in [9.17, 15) is 13.2 Å². The van der Waals surface area contributed by atoms with Crippen molar-refractivity contribution in [3.8, 4) is 0 Å². The van der Waals surface area contributed by atoms with Crippen LogP contribution in [0.2, 0.25) is 0 Å². The number of hydrogen-bond donors (Lipinski definition) is 2. The van der Waals surface area contributed by atoms with E-state index in [1.807, 2.05) is 24.3 Å². The number of sulfonamides is 1. The van der Waals surface area contributed by atoms with Gasteiger partial charge >= 0.3 is 0 Å². The molecule has 0 bridgehead atoms. The summed E-state index contributed by atoms with van der Waals surface area (Å²) in [7, 11) is -0.358. The molecule has 2 rings (SSSR count). The molecule has 6 nitrogen and oxygen atoms in total. The van der Waals surface area contributed by atoms with Gasteiger partial charge in [-0.2, -0.15) is 0 Å². The molecule has 1 amide bonds. The van der Waals surface area contributed by atoms with Gasteiger partial charge in [0.15, 0.2) is 0 Å². The molecule has 0 unspecified atom stereocenters. The van der Waals surface area contributed by atoms with Crippen molar-refractivity contribution in [1.82, 2.24) is 14.6 Å². The number of H-pyrrole nitrogens is 1. The number of benzene rings is 1. The van der Waals surface area contributed by atoms with Crippen LogP contribution in [-0.2, 0) is 10.0 Å². The standard InChI is InChI=1S/C13H17N3O3S/c1-16(2)20(18,19)8-7-14-13(17)12-9-10-5-3-4-6-11(10)15-12/h3-6,9,15H,7-8H2,1-2H3,(H,14,17). The Labute approximate surface area is 117 Å². The van der Waals surface area contributed by atoms with E-state index in [2.05, 4.69) is 10.3 Å². The topological polar surface area (TPSA) is 82.3 Å². The summed E-state index contributed by atoms with van der Waals surface area (Å²) in [4.78, 5) is 14.9. The van der Waals surface area contributed by atoms with E-state index in [4.69, 9.17) is 0 Å². The van der Waals surface area contributed by atoms with E-state index >= 15 is 0 Å². The van der Waals surface area contributed by atoms with E-state index in [1.54, 1.807) is 6.07 Å². The molecular formula is C13H17N3O3S. The fourth-order valence-electron chi connectivity index (χ4n) is 1.77. The van der Waals surface area contributed by atoms with Gasteiger partial charge in [0.1, 0.15) is 5.69 Å². The normalized spacial score (nSPS) is 11.9. The summed E-state index contributed by atoms with van der Waals surface area (Å²) in [6.07, 6.45) is 0. The highest BCUT2D eigenvalue weighted by molar-refractivity contribution is 7.89. The first-order chi connectivity index (χ1) is 9.40. The Morgan fingerprint density at radius 3 is 2.65 bits per heavy atom. The maximum absolute atomic E-state index is 11.9. The largest absolute Gasteiger partial charge is 0.351 e. The summed E-state index contributed by atoms with van der Waals surface area (Å²) in [5, 5.41) is 3.54. The minimum absolute atomic E-state index is 0.0781. The lowest BCUT2D eigenvalue weighted by Gasteiger charge is -2.11. The van der Waals surface area contributed by atoms with E-state index in [-0.39, 0.29) is 18.2 Å². The summed E-state index contributed by atoms with van der Waals surface area (Å²) in [6.45, 7) is 0.0781. The van der Waals surface area contributed by atoms with Gasteiger partial charge in [-0.3, -0.25) is 4.79 Å². The summed E-state index contributed by atoms with van der Waals surface area (Å²) >= 11 is 0. The number of carbonyl (C=O) groups excluding carboxylic acids is 1. The predicted molar refractivity (Wildman–Crippen MR) is 78.1 cm³/mol. The van der Waals surface area contributed by atoms with Crippen molar-refractivity contribution in [3.63, 3.8) is 0 Å². The van der Waals surface area contributed by atoms with Crippen LogP contribution < -0.4 is 5.32 Å². The summed E-state index contributed by atoms with van der Waals surface area (Å²) < 4.78 is 24.3. The van der Waals surface area contributed by atoms with Gasteiger partial charge in [0, 0.05) is 31.5 Å². The molecule has 20 heavy (non-hydrogen) atoms. The van der Waals surface area contributed by atoms with Crippen LogP contribution in [0.3, 0.4) is 0 Å². The predicted octanol–water partition coefficient (Wildman–Crippen LogP) is 0.789. The lowest BCUT2D eigenvalue weighted by Crippen LogP contribution is -2.34. The lowest BCUT2D eigenvalue weighted by molar-refractivity contribution is 0.0952. The number of rotatable bonds is 5. The molecule has 1 aromatic heterocycles.